The number of carbonyl (C=O) groups is 2. The third-order valence-corrected chi connectivity index (χ3v) is 4.35. The number of Topliss-reactive ketones (excluding diaryl/α,β-unsaturated/α-hetero) is 1. The van der Waals surface area contributed by atoms with E-state index in [1.807, 2.05) is 20.8 Å². The van der Waals surface area contributed by atoms with Crippen molar-refractivity contribution in [2.24, 2.45) is 17.1 Å². The third-order valence-electron chi connectivity index (χ3n) is 4.16. The smallest absolute Gasteiger partial charge is 0.405 e. The first-order valence-electron chi connectivity index (χ1n) is 6.79. The first-order valence-corrected chi connectivity index (χ1v) is 7.32. The Kier molecular flexibility index (Phi) is 5.25. The summed E-state index contributed by atoms with van der Waals surface area (Å²) in [5, 5.41) is 0. The fourth-order valence-corrected chi connectivity index (χ4v) is 3.50. The molecule has 1 amide bonds. The highest BCUT2D eigenvalue weighted by Crippen LogP contribution is 2.47. The largest absolute Gasteiger partial charge is 0.442 e. The number of hydrogen-bond donors (Lipinski definition) is 1. The second-order valence-electron chi connectivity index (χ2n) is 6.33. The highest BCUT2D eigenvalue weighted by Gasteiger charge is 2.51. The van der Waals surface area contributed by atoms with Gasteiger partial charge in [0, 0.05) is 36.5 Å². The molecule has 1 unspecified atom stereocenters. The molecule has 4 nitrogen and oxygen atoms in total. The molecule has 2 atom stereocenters. The molecule has 5 heteroatoms. The van der Waals surface area contributed by atoms with Crippen LogP contribution in [-0.2, 0) is 9.53 Å². The average molecular weight is 290 g/mol. The predicted molar refractivity (Wildman–Crippen MR) is 75.2 cm³/mol. The van der Waals surface area contributed by atoms with Crippen LogP contribution in [0.1, 0.15) is 52.9 Å². The van der Waals surface area contributed by atoms with Gasteiger partial charge in [-0.05, 0) is 12.8 Å². The van der Waals surface area contributed by atoms with Gasteiger partial charge in [-0.15, -0.1) is 11.6 Å². The third kappa shape index (κ3) is 3.62. The fraction of sp³-hybridized carbons (Fsp3) is 0.857. The zero-order valence-corrected chi connectivity index (χ0v) is 12.8. The van der Waals surface area contributed by atoms with Gasteiger partial charge in [-0.25, -0.2) is 4.79 Å². The van der Waals surface area contributed by atoms with Gasteiger partial charge in [0.25, 0.3) is 0 Å². The number of amides is 1. The Morgan fingerprint density at radius 2 is 2.11 bits per heavy atom. The summed E-state index contributed by atoms with van der Waals surface area (Å²) < 4.78 is 5.53. The maximum atomic E-state index is 11.7. The highest BCUT2D eigenvalue weighted by atomic mass is 35.5. The number of rotatable bonds is 4. The molecule has 110 valence electrons. The Morgan fingerprint density at radius 1 is 1.47 bits per heavy atom. The van der Waals surface area contributed by atoms with Gasteiger partial charge in [0.2, 0.25) is 0 Å². The van der Waals surface area contributed by atoms with Crippen LogP contribution in [0.15, 0.2) is 0 Å². The number of halogens is 1. The van der Waals surface area contributed by atoms with Crippen LogP contribution < -0.4 is 5.73 Å². The van der Waals surface area contributed by atoms with Crippen molar-refractivity contribution in [1.82, 2.24) is 0 Å². The first kappa shape index (κ1) is 16.3. The van der Waals surface area contributed by atoms with Crippen molar-refractivity contribution in [3.63, 3.8) is 0 Å². The first-order chi connectivity index (χ1) is 8.73. The molecule has 0 saturated heterocycles. The van der Waals surface area contributed by atoms with Gasteiger partial charge in [-0.2, -0.15) is 0 Å². The summed E-state index contributed by atoms with van der Waals surface area (Å²) in [6.07, 6.45) is 2.49. The average Bonchev–Trinajstić information content (AvgIpc) is 2.26. The normalized spacial score (nSPS) is 23.8. The van der Waals surface area contributed by atoms with Crippen LogP contribution in [0.2, 0.25) is 0 Å². The Balaban J connectivity index is 3.13. The molecule has 1 fully saturated rings. The van der Waals surface area contributed by atoms with E-state index in [1.54, 1.807) is 0 Å². The van der Waals surface area contributed by atoms with Gasteiger partial charge in [0.1, 0.15) is 11.4 Å². The summed E-state index contributed by atoms with van der Waals surface area (Å²) in [4.78, 5) is 23.1. The molecule has 0 spiro atoms. The Morgan fingerprint density at radius 3 is 2.53 bits per heavy atom. The van der Waals surface area contributed by atoms with Crippen molar-refractivity contribution >= 4 is 23.5 Å². The van der Waals surface area contributed by atoms with Gasteiger partial charge in [0.05, 0.1) is 0 Å². The van der Waals surface area contributed by atoms with E-state index < -0.39 is 11.7 Å². The van der Waals surface area contributed by atoms with Gasteiger partial charge in [0.15, 0.2) is 0 Å². The minimum atomic E-state index is -0.793. The van der Waals surface area contributed by atoms with Gasteiger partial charge >= 0.3 is 6.09 Å². The summed E-state index contributed by atoms with van der Waals surface area (Å²) in [7, 11) is 0. The molecule has 1 saturated carbocycles. The van der Waals surface area contributed by atoms with Crippen LogP contribution in [0.25, 0.3) is 0 Å². The number of carbonyl (C=O) groups excluding carboxylic acids is 2. The van der Waals surface area contributed by atoms with E-state index in [1.165, 1.54) is 0 Å². The SMILES string of the molecule is CC(C)(C)[C@@](CCCl)(OC(N)=O)C1CCCC(=O)C1. The van der Waals surface area contributed by atoms with E-state index in [-0.39, 0.29) is 17.1 Å². The molecule has 0 heterocycles. The van der Waals surface area contributed by atoms with Gasteiger partial charge in [-0.1, -0.05) is 20.8 Å². The second kappa shape index (κ2) is 6.12. The van der Waals surface area contributed by atoms with Crippen LogP contribution in [0.4, 0.5) is 4.79 Å². The number of nitrogens with two attached hydrogens (primary N) is 1. The fourth-order valence-electron chi connectivity index (χ4n) is 3.22. The molecule has 1 rings (SSSR count). The Labute approximate surface area is 120 Å². The minimum absolute atomic E-state index is 0.000000000000000222. The molecule has 0 aromatic carbocycles. The maximum Gasteiger partial charge on any atom is 0.405 e. The van der Waals surface area contributed by atoms with Crippen LogP contribution in [0.5, 0.6) is 0 Å². The monoisotopic (exact) mass is 289 g/mol. The molecule has 19 heavy (non-hydrogen) atoms. The van der Waals surface area contributed by atoms with E-state index in [9.17, 15) is 9.59 Å². The topological polar surface area (TPSA) is 69.4 Å². The lowest BCUT2D eigenvalue weighted by Crippen LogP contribution is -2.55. The van der Waals surface area contributed by atoms with Crippen molar-refractivity contribution in [2.75, 3.05) is 5.88 Å². The van der Waals surface area contributed by atoms with Crippen LogP contribution in [0.3, 0.4) is 0 Å². The summed E-state index contributed by atoms with van der Waals surface area (Å²) in [5.41, 5.74) is 4.17. The molecule has 0 bridgehead atoms. The summed E-state index contributed by atoms with van der Waals surface area (Å²) >= 11 is 5.91. The highest BCUT2D eigenvalue weighted by molar-refractivity contribution is 6.17. The van der Waals surface area contributed by atoms with Crippen molar-refractivity contribution in [1.29, 1.82) is 0 Å². The van der Waals surface area contributed by atoms with E-state index in [2.05, 4.69) is 0 Å². The molecule has 1 aliphatic carbocycles. The van der Waals surface area contributed by atoms with E-state index in [4.69, 9.17) is 22.1 Å². The van der Waals surface area contributed by atoms with E-state index in [0.29, 0.717) is 25.1 Å². The predicted octanol–water partition coefficient (Wildman–Crippen LogP) is 3.25. The number of primary amides is 1. The minimum Gasteiger partial charge on any atom is -0.442 e. The van der Waals surface area contributed by atoms with Crippen LogP contribution >= 0.6 is 11.6 Å². The van der Waals surface area contributed by atoms with Crippen molar-refractivity contribution < 1.29 is 14.3 Å². The summed E-state index contributed by atoms with van der Waals surface area (Å²) in [5.74, 6) is 0.599. The lowest BCUT2D eigenvalue weighted by molar-refractivity contribution is -0.138. The molecule has 0 aliphatic heterocycles. The number of alkyl halides is 1. The molecular weight excluding hydrogens is 266 g/mol. The van der Waals surface area contributed by atoms with Crippen LogP contribution in [-0.4, -0.2) is 23.4 Å². The standard InChI is InChI=1S/C14H24ClNO3/c1-13(2,3)14(7-8-15,19-12(16)18)10-5-4-6-11(17)9-10/h10H,4-9H2,1-3H3,(H2,16,18)/t10?,14-/m0/s1. The Bertz CT molecular complexity index is 351. The maximum absolute atomic E-state index is 11.7. The molecule has 2 N–H and O–H groups in total. The molecule has 1 aliphatic rings. The van der Waals surface area contributed by atoms with Gasteiger partial charge in [-0.3, -0.25) is 4.79 Å². The second-order valence-corrected chi connectivity index (χ2v) is 6.71. The summed E-state index contributed by atoms with van der Waals surface area (Å²) in [6, 6.07) is 0. The molecule has 0 radical (unpaired) electrons. The number of ketones is 1. The Hall–Kier alpha value is -0.770. The van der Waals surface area contributed by atoms with Crippen molar-refractivity contribution in [2.45, 2.75) is 58.5 Å². The van der Waals surface area contributed by atoms with Gasteiger partial charge < -0.3 is 10.5 Å². The number of hydrogen-bond acceptors (Lipinski definition) is 3. The van der Waals surface area contributed by atoms with Crippen molar-refractivity contribution in [3.8, 4) is 0 Å². The van der Waals surface area contributed by atoms with Crippen LogP contribution in [0, 0.1) is 11.3 Å². The molecule has 0 aromatic rings. The zero-order valence-electron chi connectivity index (χ0n) is 12.0. The molecule has 0 aromatic heterocycles. The number of ether oxygens (including phenoxy) is 1. The lowest BCUT2D eigenvalue weighted by atomic mass is 9.63. The van der Waals surface area contributed by atoms with E-state index >= 15 is 0 Å². The van der Waals surface area contributed by atoms with E-state index in [0.717, 1.165) is 12.8 Å². The summed E-state index contributed by atoms with van der Waals surface area (Å²) in [6.45, 7) is 6.00. The lowest BCUT2D eigenvalue weighted by Gasteiger charge is -2.49. The van der Waals surface area contributed by atoms with Crippen molar-refractivity contribution in [3.05, 3.63) is 0 Å². The zero-order chi connectivity index (χ0) is 14.7. The quantitative estimate of drug-likeness (QED) is 0.808. The molecular formula is C14H24ClNO3.